The van der Waals surface area contributed by atoms with Gasteiger partial charge in [-0.2, -0.15) is 0 Å². The first-order valence-electron chi connectivity index (χ1n) is 7.85. The number of fused-ring (bicyclic) bond motifs is 1. The molecule has 1 saturated carbocycles. The van der Waals surface area contributed by atoms with Crippen LogP contribution in [0, 0.1) is 0 Å². The molecule has 1 aromatic heterocycles. The monoisotopic (exact) mass is 277 g/mol. The molecule has 0 amide bonds. The standard InChI is InChI=1S/C15H23N3O2/c16-11-5-6-15(19-7-8-20-15)9-14(11)18-10-17-12-3-1-2-4-13(12)18/h10-11,14H,1-9,16H2. The Kier molecular flexibility index (Phi) is 3.09. The van der Waals surface area contributed by atoms with Gasteiger partial charge in [0.1, 0.15) is 0 Å². The molecule has 3 aliphatic rings. The lowest BCUT2D eigenvalue weighted by atomic mass is 9.85. The predicted molar refractivity (Wildman–Crippen MR) is 74.4 cm³/mol. The SMILES string of the molecule is NC1CCC2(CC1n1cnc3c1CCCC3)OCCO2. The number of hydrogen-bond acceptors (Lipinski definition) is 4. The Morgan fingerprint density at radius 2 is 2.05 bits per heavy atom. The number of hydrogen-bond donors (Lipinski definition) is 1. The molecule has 1 saturated heterocycles. The number of aromatic nitrogens is 2. The van der Waals surface area contributed by atoms with Gasteiger partial charge in [-0.15, -0.1) is 0 Å². The number of rotatable bonds is 1. The quantitative estimate of drug-likeness (QED) is 0.846. The van der Waals surface area contributed by atoms with Gasteiger partial charge in [0, 0.05) is 24.6 Å². The van der Waals surface area contributed by atoms with E-state index in [1.165, 1.54) is 24.2 Å². The normalized spacial score (nSPS) is 32.5. The van der Waals surface area contributed by atoms with Crippen LogP contribution in [0.2, 0.25) is 0 Å². The number of aryl methyl sites for hydroxylation is 1. The third kappa shape index (κ3) is 2.00. The minimum Gasteiger partial charge on any atom is -0.347 e. The molecule has 5 nitrogen and oxygen atoms in total. The Hall–Kier alpha value is -0.910. The zero-order chi connectivity index (χ0) is 13.6. The van der Waals surface area contributed by atoms with Crippen LogP contribution in [-0.2, 0) is 22.3 Å². The van der Waals surface area contributed by atoms with E-state index in [4.69, 9.17) is 15.2 Å². The van der Waals surface area contributed by atoms with Crippen LogP contribution in [0.5, 0.6) is 0 Å². The fraction of sp³-hybridized carbons (Fsp3) is 0.800. The fourth-order valence-corrected chi connectivity index (χ4v) is 3.99. The molecule has 2 unspecified atom stereocenters. The van der Waals surface area contributed by atoms with Crippen LogP contribution in [0.4, 0.5) is 0 Å². The molecule has 0 radical (unpaired) electrons. The third-order valence-electron chi connectivity index (χ3n) is 5.10. The van der Waals surface area contributed by atoms with Crippen molar-refractivity contribution in [3.63, 3.8) is 0 Å². The van der Waals surface area contributed by atoms with Crippen LogP contribution in [0.3, 0.4) is 0 Å². The summed E-state index contributed by atoms with van der Waals surface area (Å²) in [5.74, 6) is -0.383. The van der Waals surface area contributed by atoms with Crippen molar-refractivity contribution < 1.29 is 9.47 Å². The number of nitrogens with two attached hydrogens (primary N) is 1. The maximum absolute atomic E-state index is 6.39. The van der Waals surface area contributed by atoms with Crippen molar-refractivity contribution in [2.45, 2.75) is 62.8 Å². The van der Waals surface area contributed by atoms with E-state index in [1.807, 2.05) is 6.33 Å². The van der Waals surface area contributed by atoms with E-state index in [0.29, 0.717) is 13.2 Å². The van der Waals surface area contributed by atoms with Crippen LogP contribution in [-0.4, -0.2) is 34.6 Å². The van der Waals surface area contributed by atoms with E-state index in [2.05, 4.69) is 9.55 Å². The van der Waals surface area contributed by atoms with Crippen molar-refractivity contribution in [1.29, 1.82) is 0 Å². The highest BCUT2D eigenvalue weighted by molar-refractivity contribution is 5.18. The second kappa shape index (κ2) is 4.83. The second-order valence-corrected chi connectivity index (χ2v) is 6.33. The number of nitrogens with zero attached hydrogens (tertiary/aromatic N) is 2. The molecule has 0 bridgehead atoms. The van der Waals surface area contributed by atoms with Gasteiger partial charge in [0.2, 0.25) is 0 Å². The summed E-state index contributed by atoms with van der Waals surface area (Å²) in [6.07, 6.45) is 9.50. The molecule has 2 aliphatic carbocycles. The Balaban J connectivity index is 1.64. The summed E-state index contributed by atoms with van der Waals surface area (Å²) < 4.78 is 14.1. The smallest absolute Gasteiger partial charge is 0.170 e. The van der Waals surface area contributed by atoms with E-state index < -0.39 is 0 Å². The average Bonchev–Trinajstić information content (AvgIpc) is 3.09. The van der Waals surface area contributed by atoms with Gasteiger partial charge in [-0.3, -0.25) is 0 Å². The highest BCUT2D eigenvalue weighted by atomic mass is 16.7. The summed E-state index contributed by atoms with van der Waals surface area (Å²) in [5, 5.41) is 0. The highest BCUT2D eigenvalue weighted by Gasteiger charge is 2.45. The number of imidazole rings is 1. The molecule has 2 fully saturated rings. The zero-order valence-corrected chi connectivity index (χ0v) is 11.9. The van der Waals surface area contributed by atoms with E-state index in [0.717, 1.165) is 32.1 Å². The fourth-order valence-electron chi connectivity index (χ4n) is 3.99. The summed E-state index contributed by atoms with van der Waals surface area (Å²) in [5.41, 5.74) is 9.06. The first-order chi connectivity index (χ1) is 9.77. The Morgan fingerprint density at radius 3 is 2.90 bits per heavy atom. The molecule has 2 atom stereocenters. The first kappa shape index (κ1) is 12.8. The Morgan fingerprint density at radius 1 is 1.25 bits per heavy atom. The van der Waals surface area contributed by atoms with Crippen LogP contribution < -0.4 is 5.73 Å². The van der Waals surface area contributed by atoms with Gasteiger partial charge < -0.3 is 19.8 Å². The molecule has 4 rings (SSSR count). The minimum atomic E-state index is -0.383. The van der Waals surface area contributed by atoms with Gasteiger partial charge in [-0.1, -0.05) is 0 Å². The molecule has 2 heterocycles. The van der Waals surface area contributed by atoms with Gasteiger partial charge in [-0.25, -0.2) is 4.98 Å². The van der Waals surface area contributed by atoms with Crippen LogP contribution in [0.25, 0.3) is 0 Å². The van der Waals surface area contributed by atoms with Crippen LogP contribution in [0.1, 0.15) is 49.5 Å². The third-order valence-corrected chi connectivity index (χ3v) is 5.10. The maximum atomic E-state index is 6.39. The van der Waals surface area contributed by atoms with Gasteiger partial charge in [0.05, 0.1) is 31.3 Å². The molecular weight excluding hydrogens is 254 g/mol. The second-order valence-electron chi connectivity index (χ2n) is 6.33. The number of ether oxygens (including phenoxy) is 2. The molecule has 1 aromatic rings. The van der Waals surface area contributed by atoms with Crippen molar-refractivity contribution in [2.24, 2.45) is 5.73 Å². The average molecular weight is 277 g/mol. The molecule has 0 aromatic carbocycles. The highest BCUT2D eigenvalue weighted by Crippen LogP contribution is 2.41. The molecule has 5 heteroatoms. The van der Waals surface area contributed by atoms with E-state index in [-0.39, 0.29) is 17.9 Å². The Labute approximate surface area is 119 Å². The van der Waals surface area contributed by atoms with Crippen molar-refractivity contribution in [3.05, 3.63) is 17.7 Å². The predicted octanol–water partition coefficient (Wildman–Crippen LogP) is 1.56. The largest absolute Gasteiger partial charge is 0.347 e. The first-order valence-corrected chi connectivity index (χ1v) is 7.85. The minimum absolute atomic E-state index is 0.175. The summed E-state index contributed by atoms with van der Waals surface area (Å²) in [6.45, 7) is 1.42. The van der Waals surface area contributed by atoms with Gasteiger partial charge >= 0.3 is 0 Å². The lowest BCUT2D eigenvalue weighted by Gasteiger charge is -2.40. The zero-order valence-electron chi connectivity index (χ0n) is 11.9. The summed E-state index contributed by atoms with van der Waals surface area (Å²) >= 11 is 0. The molecular formula is C15H23N3O2. The van der Waals surface area contributed by atoms with Gasteiger partial charge in [0.15, 0.2) is 5.79 Å². The van der Waals surface area contributed by atoms with E-state index in [1.54, 1.807) is 0 Å². The summed E-state index contributed by atoms with van der Waals surface area (Å²) in [6, 6.07) is 0.435. The summed E-state index contributed by atoms with van der Waals surface area (Å²) in [7, 11) is 0. The molecule has 110 valence electrons. The molecule has 2 N–H and O–H groups in total. The van der Waals surface area contributed by atoms with Crippen LogP contribution >= 0.6 is 0 Å². The van der Waals surface area contributed by atoms with Crippen molar-refractivity contribution in [2.75, 3.05) is 13.2 Å². The topological polar surface area (TPSA) is 62.3 Å². The van der Waals surface area contributed by atoms with Crippen molar-refractivity contribution in [1.82, 2.24) is 9.55 Å². The van der Waals surface area contributed by atoms with Crippen molar-refractivity contribution in [3.8, 4) is 0 Å². The Bertz CT molecular complexity index is 493. The van der Waals surface area contributed by atoms with Crippen molar-refractivity contribution >= 4 is 0 Å². The van der Waals surface area contributed by atoms with Gasteiger partial charge in [-0.05, 0) is 32.1 Å². The maximum Gasteiger partial charge on any atom is 0.170 e. The lowest BCUT2D eigenvalue weighted by Crippen LogP contribution is -2.47. The lowest BCUT2D eigenvalue weighted by molar-refractivity contribution is -0.187. The van der Waals surface area contributed by atoms with E-state index >= 15 is 0 Å². The van der Waals surface area contributed by atoms with Crippen LogP contribution in [0.15, 0.2) is 6.33 Å². The van der Waals surface area contributed by atoms with E-state index in [9.17, 15) is 0 Å². The van der Waals surface area contributed by atoms with Gasteiger partial charge in [0.25, 0.3) is 0 Å². The molecule has 1 spiro atoms. The summed E-state index contributed by atoms with van der Waals surface area (Å²) in [4.78, 5) is 4.61. The molecule has 1 aliphatic heterocycles. The molecule has 20 heavy (non-hydrogen) atoms.